The van der Waals surface area contributed by atoms with E-state index in [9.17, 15) is 14.7 Å². The summed E-state index contributed by atoms with van der Waals surface area (Å²) in [6.45, 7) is 5.84. The van der Waals surface area contributed by atoms with Gasteiger partial charge in [-0.2, -0.15) is 0 Å². The molecule has 5 nitrogen and oxygen atoms in total. The first-order chi connectivity index (χ1) is 7.95. The van der Waals surface area contributed by atoms with Crippen molar-refractivity contribution in [2.45, 2.75) is 38.6 Å². The summed E-state index contributed by atoms with van der Waals surface area (Å²) in [5, 5.41) is 9.27. The summed E-state index contributed by atoms with van der Waals surface area (Å²) in [4.78, 5) is 26.9. The maximum Gasteiger partial charge on any atom is 0.329 e. The van der Waals surface area contributed by atoms with Gasteiger partial charge in [-0.15, -0.1) is 0 Å². The van der Waals surface area contributed by atoms with Crippen LogP contribution < -0.4 is 0 Å². The molecule has 5 heteroatoms. The monoisotopic (exact) mass is 240 g/mol. The van der Waals surface area contributed by atoms with E-state index < -0.39 is 11.5 Å². The number of urea groups is 1. The van der Waals surface area contributed by atoms with E-state index in [0.717, 1.165) is 25.9 Å². The molecule has 96 valence electrons. The predicted molar refractivity (Wildman–Crippen MR) is 62.7 cm³/mol. The molecule has 0 aromatic heterocycles. The zero-order chi connectivity index (χ0) is 12.6. The van der Waals surface area contributed by atoms with Crippen LogP contribution in [0.15, 0.2) is 0 Å². The van der Waals surface area contributed by atoms with E-state index in [0.29, 0.717) is 18.9 Å². The van der Waals surface area contributed by atoms with Crippen molar-refractivity contribution >= 4 is 12.0 Å². The highest BCUT2D eigenvalue weighted by atomic mass is 16.4. The number of hydrogen-bond acceptors (Lipinski definition) is 2. The summed E-state index contributed by atoms with van der Waals surface area (Å²) in [5.74, 6) is -0.367. The van der Waals surface area contributed by atoms with Gasteiger partial charge in [-0.25, -0.2) is 9.59 Å². The van der Waals surface area contributed by atoms with Crippen molar-refractivity contribution in [3.8, 4) is 0 Å². The topological polar surface area (TPSA) is 60.9 Å². The molecule has 0 aromatic rings. The Morgan fingerprint density at radius 1 is 1.35 bits per heavy atom. The first-order valence-corrected chi connectivity index (χ1v) is 6.25. The normalized spacial score (nSPS) is 33.2. The third-order valence-corrected chi connectivity index (χ3v) is 4.03. The molecule has 0 aliphatic carbocycles. The Kier molecular flexibility index (Phi) is 3.02. The van der Waals surface area contributed by atoms with Crippen LogP contribution in [-0.2, 0) is 4.79 Å². The van der Waals surface area contributed by atoms with Gasteiger partial charge in [-0.05, 0) is 32.1 Å². The van der Waals surface area contributed by atoms with Crippen LogP contribution in [0, 0.1) is 5.92 Å². The number of carbonyl (C=O) groups is 2. The van der Waals surface area contributed by atoms with Crippen LogP contribution in [0.4, 0.5) is 4.79 Å². The Labute approximate surface area is 101 Å². The van der Waals surface area contributed by atoms with Gasteiger partial charge >= 0.3 is 12.0 Å². The SMILES string of the molecule is CC1CCN(C(=O)N2CCCC2(C)C(=O)O)C1. The Morgan fingerprint density at radius 3 is 2.59 bits per heavy atom. The molecule has 2 aliphatic rings. The highest BCUT2D eigenvalue weighted by molar-refractivity contribution is 5.86. The van der Waals surface area contributed by atoms with Crippen molar-refractivity contribution in [2.75, 3.05) is 19.6 Å². The number of hydrogen-bond donors (Lipinski definition) is 1. The van der Waals surface area contributed by atoms with Gasteiger partial charge < -0.3 is 14.9 Å². The summed E-state index contributed by atoms with van der Waals surface area (Å²) in [5.41, 5.74) is -1.01. The Morgan fingerprint density at radius 2 is 2.06 bits per heavy atom. The molecule has 2 atom stereocenters. The predicted octanol–water partition coefficient (Wildman–Crippen LogP) is 1.39. The van der Waals surface area contributed by atoms with Crippen LogP contribution in [0.25, 0.3) is 0 Å². The number of nitrogens with zero attached hydrogens (tertiary/aromatic N) is 2. The average molecular weight is 240 g/mol. The third kappa shape index (κ3) is 1.98. The highest BCUT2D eigenvalue weighted by Crippen LogP contribution is 2.31. The minimum Gasteiger partial charge on any atom is -0.480 e. The number of amides is 2. The second kappa shape index (κ2) is 4.20. The lowest BCUT2D eigenvalue weighted by Crippen LogP contribution is -2.54. The number of carbonyl (C=O) groups excluding carboxylic acids is 1. The van der Waals surface area contributed by atoms with E-state index in [1.54, 1.807) is 11.8 Å². The Hall–Kier alpha value is -1.26. The van der Waals surface area contributed by atoms with Crippen molar-refractivity contribution in [1.82, 2.24) is 9.80 Å². The lowest BCUT2D eigenvalue weighted by atomic mass is 10.00. The average Bonchev–Trinajstić information content (AvgIpc) is 2.85. The first kappa shape index (κ1) is 12.2. The van der Waals surface area contributed by atoms with Gasteiger partial charge in [0.1, 0.15) is 5.54 Å². The lowest BCUT2D eigenvalue weighted by molar-refractivity contribution is -0.147. The van der Waals surface area contributed by atoms with Crippen molar-refractivity contribution in [2.24, 2.45) is 5.92 Å². The largest absolute Gasteiger partial charge is 0.480 e. The highest BCUT2D eigenvalue weighted by Gasteiger charge is 2.47. The quantitative estimate of drug-likeness (QED) is 0.753. The maximum absolute atomic E-state index is 12.3. The van der Waals surface area contributed by atoms with Crippen LogP contribution in [0.3, 0.4) is 0 Å². The summed E-state index contributed by atoms with van der Waals surface area (Å²) in [6.07, 6.45) is 2.35. The molecular weight excluding hydrogens is 220 g/mol. The van der Waals surface area contributed by atoms with Crippen LogP contribution >= 0.6 is 0 Å². The van der Waals surface area contributed by atoms with Crippen LogP contribution in [-0.4, -0.2) is 52.1 Å². The molecular formula is C12H20N2O3. The number of carboxylic acid groups (broad SMARTS) is 1. The van der Waals surface area contributed by atoms with E-state index in [1.165, 1.54) is 4.90 Å². The van der Waals surface area contributed by atoms with Gasteiger partial charge in [0, 0.05) is 19.6 Å². The molecule has 0 saturated carbocycles. The van der Waals surface area contributed by atoms with Crippen molar-refractivity contribution in [1.29, 1.82) is 0 Å². The van der Waals surface area contributed by atoms with E-state index in [-0.39, 0.29) is 6.03 Å². The Balaban J connectivity index is 2.11. The molecule has 2 aliphatic heterocycles. The molecule has 2 fully saturated rings. The second-order valence-corrected chi connectivity index (χ2v) is 5.46. The zero-order valence-corrected chi connectivity index (χ0v) is 10.5. The molecule has 0 aromatic carbocycles. The summed E-state index contributed by atoms with van der Waals surface area (Å²) < 4.78 is 0. The van der Waals surface area contributed by atoms with E-state index in [1.807, 2.05) is 0 Å². The number of carboxylic acids is 1. The lowest BCUT2D eigenvalue weighted by Gasteiger charge is -2.34. The molecule has 1 N–H and O–H groups in total. The minimum atomic E-state index is -1.01. The van der Waals surface area contributed by atoms with Gasteiger partial charge in [0.25, 0.3) is 0 Å². The first-order valence-electron chi connectivity index (χ1n) is 6.25. The van der Waals surface area contributed by atoms with Gasteiger partial charge in [0.2, 0.25) is 0 Å². The minimum absolute atomic E-state index is 0.100. The van der Waals surface area contributed by atoms with Gasteiger partial charge in [-0.1, -0.05) is 6.92 Å². The van der Waals surface area contributed by atoms with Crippen molar-refractivity contribution < 1.29 is 14.7 Å². The standard InChI is InChI=1S/C12H20N2O3/c1-9-4-7-13(8-9)11(17)14-6-3-5-12(14,2)10(15)16/h9H,3-8H2,1-2H3,(H,15,16). The number of likely N-dealkylation sites (tertiary alicyclic amines) is 2. The fourth-order valence-electron chi connectivity index (χ4n) is 2.77. The molecule has 2 amide bonds. The van der Waals surface area contributed by atoms with Crippen LogP contribution in [0.1, 0.15) is 33.1 Å². The van der Waals surface area contributed by atoms with Crippen LogP contribution in [0.5, 0.6) is 0 Å². The van der Waals surface area contributed by atoms with Gasteiger partial charge in [0.05, 0.1) is 0 Å². The zero-order valence-electron chi connectivity index (χ0n) is 10.5. The summed E-state index contributed by atoms with van der Waals surface area (Å²) in [6, 6.07) is -0.100. The molecule has 0 bridgehead atoms. The van der Waals surface area contributed by atoms with E-state index in [2.05, 4.69) is 6.92 Å². The summed E-state index contributed by atoms with van der Waals surface area (Å²) >= 11 is 0. The van der Waals surface area contributed by atoms with Crippen LogP contribution in [0.2, 0.25) is 0 Å². The second-order valence-electron chi connectivity index (χ2n) is 5.46. The number of rotatable bonds is 1. The fraction of sp³-hybridized carbons (Fsp3) is 0.833. The molecule has 2 rings (SSSR count). The summed E-state index contributed by atoms with van der Waals surface area (Å²) in [7, 11) is 0. The molecule has 2 heterocycles. The third-order valence-electron chi connectivity index (χ3n) is 4.03. The van der Waals surface area contributed by atoms with E-state index in [4.69, 9.17) is 0 Å². The van der Waals surface area contributed by atoms with E-state index >= 15 is 0 Å². The van der Waals surface area contributed by atoms with Crippen molar-refractivity contribution in [3.05, 3.63) is 0 Å². The maximum atomic E-state index is 12.3. The molecule has 0 spiro atoms. The molecule has 17 heavy (non-hydrogen) atoms. The van der Waals surface area contributed by atoms with Gasteiger partial charge in [0.15, 0.2) is 0 Å². The molecule has 0 radical (unpaired) electrons. The molecule has 2 unspecified atom stereocenters. The molecule has 2 saturated heterocycles. The van der Waals surface area contributed by atoms with Crippen molar-refractivity contribution in [3.63, 3.8) is 0 Å². The fourth-order valence-corrected chi connectivity index (χ4v) is 2.77. The smallest absolute Gasteiger partial charge is 0.329 e. The number of aliphatic carboxylic acids is 1. The van der Waals surface area contributed by atoms with Gasteiger partial charge in [-0.3, -0.25) is 0 Å². The Bertz CT molecular complexity index is 345.